The van der Waals surface area contributed by atoms with E-state index in [0.29, 0.717) is 16.9 Å². The lowest BCUT2D eigenvalue weighted by atomic mass is 10.1. The summed E-state index contributed by atoms with van der Waals surface area (Å²) in [4.78, 5) is 22.5. The predicted molar refractivity (Wildman–Crippen MR) is 87.4 cm³/mol. The number of hydrogen-bond acceptors (Lipinski definition) is 5. The molecule has 0 unspecified atom stereocenters. The highest BCUT2D eigenvalue weighted by molar-refractivity contribution is 6.02. The number of nitrogens with zero attached hydrogens (tertiary/aromatic N) is 1. The van der Waals surface area contributed by atoms with Gasteiger partial charge in [-0.2, -0.15) is 0 Å². The van der Waals surface area contributed by atoms with Gasteiger partial charge in [-0.15, -0.1) is 0 Å². The van der Waals surface area contributed by atoms with Gasteiger partial charge in [0.2, 0.25) is 5.91 Å². The van der Waals surface area contributed by atoms with Crippen molar-refractivity contribution in [3.8, 4) is 5.75 Å². The molecule has 0 aromatic heterocycles. The van der Waals surface area contributed by atoms with Crippen LogP contribution < -0.4 is 10.1 Å². The number of ether oxygens (including phenoxy) is 2. The maximum absolute atomic E-state index is 13.5. The predicted octanol–water partition coefficient (Wildman–Crippen LogP) is 3.25. The van der Waals surface area contributed by atoms with Crippen LogP contribution in [0.15, 0.2) is 42.5 Å². The summed E-state index contributed by atoms with van der Waals surface area (Å²) in [6, 6.07) is 8.42. The second-order valence-electron chi connectivity index (χ2n) is 5.19. The van der Waals surface area contributed by atoms with Crippen LogP contribution in [0.2, 0.25) is 0 Å². The van der Waals surface area contributed by atoms with Crippen molar-refractivity contribution >= 4 is 23.4 Å². The molecule has 0 saturated heterocycles. The van der Waals surface area contributed by atoms with Gasteiger partial charge in [0.25, 0.3) is 5.69 Å². The van der Waals surface area contributed by atoms with Gasteiger partial charge in [0.05, 0.1) is 17.2 Å². The van der Waals surface area contributed by atoms with Crippen LogP contribution in [-0.2, 0) is 16.1 Å². The molecule has 8 heteroatoms. The number of benzene rings is 2. The summed E-state index contributed by atoms with van der Waals surface area (Å²) in [6.45, 7) is 0.201. The number of nitro groups is 1. The number of halogens is 1. The van der Waals surface area contributed by atoms with E-state index in [0.717, 1.165) is 6.08 Å². The topological polar surface area (TPSA) is 90.7 Å². The Bertz CT molecular complexity index is 866. The van der Waals surface area contributed by atoms with E-state index < -0.39 is 16.6 Å². The van der Waals surface area contributed by atoms with Gasteiger partial charge in [-0.25, -0.2) is 4.39 Å². The Morgan fingerprint density at radius 2 is 2.12 bits per heavy atom. The molecule has 2 aromatic carbocycles. The molecule has 1 heterocycles. The summed E-state index contributed by atoms with van der Waals surface area (Å²) in [7, 11) is 0. The average Bonchev–Trinajstić information content (AvgIpc) is 2.61. The first-order valence-corrected chi connectivity index (χ1v) is 7.30. The van der Waals surface area contributed by atoms with E-state index in [1.165, 1.54) is 36.4 Å². The molecule has 1 amide bonds. The van der Waals surface area contributed by atoms with Crippen molar-refractivity contribution in [1.82, 2.24) is 0 Å². The number of nitrogens with one attached hydrogen (secondary N) is 1. The highest BCUT2D eigenvalue weighted by atomic mass is 19.1. The smallest absolute Gasteiger partial charge is 0.270 e. The van der Waals surface area contributed by atoms with Crippen LogP contribution >= 0.6 is 0 Å². The van der Waals surface area contributed by atoms with Crippen molar-refractivity contribution in [1.29, 1.82) is 0 Å². The summed E-state index contributed by atoms with van der Waals surface area (Å²) in [6.07, 6.45) is 2.54. The number of carbonyl (C=O) groups excluding carboxylic acids is 1. The minimum absolute atomic E-state index is 0.0209. The van der Waals surface area contributed by atoms with Gasteiger partial charge in [0.15, 0.2) is 6.79 Å². The average molecular weight is 344 g/mol. The van der Waals surface area contributed by atoms with Crippen LogP contribution in [0.5, 0.6) is 5.75 Å². The molecule has 1 aliphatic heterocycles. The summed E-state index contributed by atoms with van der Waals surface area (Å²) in [5, 5.41) is 13.4. The molecule has 128 valence electrons. The monoisotopic (exact) mass is 344 g/mol. The van der Waals surface area contributed by atoms with Crippen LogP contribution in [-0.4, -0.2) is 17.6 Å². The van der Waals surface area contributed by atoms with Gasteiger partial charge >= 0.3 is 0 Å². The van der Waals surface area contributed by atoms with E-state index in [4.69, 9.17) is 9.47 Å². The molecule has 7 nitrogen and oxygen atoms in total. The SMILES string of the molecule is O=C(/C=C/c1cc([N+](=O)[O-])cc2c1OCOC2)Nc1ccccc1F. The van der Waals surface area contributed by atoms with E-state index >= 15 is 0 Å². The Labute approximate surface area is 141 Å². The fourth-order valence-corrected chi connectivity index (χ4v) is 2.36. The van der Waals surface area contributed by atoms with Crippen LogP contribution in [0.3, 0.4) is 0 Å². The largest absolute Gasteiger partial charge is 0.467 e. The molecule has 0 spiro atoms. The zero-order chi connectivity index (χ0) is 17.8. The van der Waals surface area contributed by atoms with Gasteiger partial charge < -0.3 is 14.8 Å². The van der Waals surface area contributed by atoms with Crippen LogP contribution in [0.25, 0.3) is 6.08 Å². The van der Waals surface area contributed by atoms with Gasteiger partial charge in [0.1, 0.15) is 11.6 Å². The van der Waals surface area contributed by atoms with Crippen molar-refractivity contribution in [2.24, 2.45) is 0 Å². The Morgan fingerprint density at radius 3 is 2.88 bits per heavy atom. The standard InChI is InChI=1S/C17H13FN2O5/c18-14-3-1-2-4-15(14)19-16(21)6-5-11-7-13(20(22)23)8-12-9-24-10-25-17(11)12/h1-8H,9-10H2,(H,19,21)/b6-5+. The molecule has 2 aromatic rings. The van der Waals surface area contributed by atoms with Crippen molar-refractivity contribution in [3.63, 3.8) is 0 Å². The highest BCUT2D eigenvalue weighted by Gasteiger charge is 2.19. The number of hydrogen-bond donors (Lipinski definition) is 1. The Morgan fingerprint density at radius 1 is 1.32 bits per heavy atom. The zero-order valence-electron chi connectivity index (χ0n) is 12.9. The number of carbonyl (C=O) groups is 1. The fraction of sp³-hybridized carbons (Fsp3) is 0.118. The number of nitro benzene ring substituents is 1. The minimum Gasteiger partial charge on any atom is -0.467 e. The maximum Gasteiger partial charge on any atom is 0.270 e. The maximum atomic E-state index is 13.5. The van der Waals surface area contributed by atoms with Gasteiger partial charge in [-0.1, -0.05) is 12.1 Å². The number of para-hydroxylation sites is 1. The highest BCUT2D eigenvalue weighted by Crippen LogP contribution is 2.33. The lowest BCUT2D eigenvalue weighted by Gasteiger charge is -2.19. The molecule has 0 saturated carbocycles. The number of non-ortho nitro benzene ring substituents is 1. The molecule has 0 fully saturated rings. The first-order valence-electron chi connectivity index (χ1n) is 7.30. The van der Waals surface area contributed by atoms with Crippen LogP contribution in [0.1, 0.15) is 11.1 Å². The molecule has 3 rings (SSSR count). The molecule has 25 heavy (non-hydrogen) atoms. The van der Waals surface area contributed by atoms with Crippen LogP contribution in [0.4, 0.5) is 15.8 Å². The Balaban J connectivity index is 1.85. The summed E-state index contributed by atoms with van der Waals surface area (Å²) in [5.41, 5.74) is 0.802. The first kappa shape index (κ1) is 16.6. The molecule has 0 radical (unpaired) electrons. The van der Waals surface area contributed by atoms with Crippen molar-refractivity contribution in [3.05, 3.63) is 69.5 Å². The van der Waals surface area contributed by atoms with Crippen molar-refractivity contribution < 1.29 is 23.6 Å². The van der Waals surface area contributed by atoms with E-state index in [1.54, 1.807) is 6.07 Å². The number of rotatable bonds is 4. The molecule has 1 N–H and O–H groups in total. The molecule has 0 bridgehead atoms. The quantitative estimate of drug-likeness (QED) is 0.522. The van der Waals surface area contributed by atoms with Crippen LogP contribution in [0, 0.1) is 15.9 Å². The van der Waals surface area contributed by atoms with E-state index in [1.807, 2.05) is 0 Å². The summed E-state index contributed by atoms with van der Waals surface area (Å²) < 4.78 is 24.0. The Hall–Kier alpha value is -3.26. The number of fused-ring (bicyclic) bond motifs is 1. The third kappa shape index (κ3) is 3.81. The second-order valence-corrected chi connectivity index (χ2v) is 5.19. The molecule has 0 aliphatic carbocycles. The van der Waals surface area contributed by atoms with E-state index in [2.05, 4.69) is 5.32 Å². The van der Waals surface area contributed by atoms with Gasteiger partial charge in [0, 0.05) is 29.3 Å². The van der Waals surface area contributed by atoms with E-state index in [-0.39, 0.29) is 24.8 Å². The number of anilines is 1. The Kier molecular flexibility index (Phi) is 4.71. The lowest BCUT2D eigenvalue weighted by molar-refractivity contribution is -0.385. The van der Waals surface area contributed by atoms with Crippen molar-refractivity contribution in [2.45, 2.75) is 6.61 Å². The third-order valence-electron chi connectivity index (χ3n) is 3.48. The second kappa shape index (κ2) is 7.10. The third-order valence-corrected chi connectivity index (χ3v) is 3.48. The summed E-state index contributed by atoms with van der Waals surface area (Å²) in [5.74, 6) is -0.707. The first-order chi connectivity index (χ1) is 12.0. The zero-order valence-corrected chi connectivity index (χ0v) is 12.9. The minimum atomic E-state index is -0.572. The molecular weight excluding hydrogens is 331 g/mol. The normalized spacial score (nSPS) is 13.2. The molecule has 0 atom stereocenters. The van der Waals surface area contributed by atoms with Crippen molar-refractivity contribution in [2.75, 3.05) is 12.1 Å². The number of amides is 1. The van der Waals surface area contributed by atoms with Gasteiger partial charge in [-0.05, 0) is 18.2 Å². The van der Waals surface area contributed by atoms with E-state index in [9.17, 15) is 19.3 Å². The van der Waals surface area contributed by atoms with Gasteiger partial charge in [-0.3, -0.25) is 14.9 Å². The molecular formula is C17H13FN2O5. The fourth-order valence-electron chi connectivity index (χ4n) is 2.36. The summed E-state index contributed by atoms with van der Waals surface area (Å²) >= 11 is 0. The lowest BCUT2D eigenvalue weighted by Crippen LogP contribution is -2.13. The molecule has 1 aliphatic rings.